The monoisotopic (exact) mass is 424 g/mol. The number of likely N-dealkylation sites (N-methyl/N-ethyl adjacent to an activating group) is 1. The van der Waals surface area contributed by atoms with Gasteiger partial charge in [0.05, 0.1) is 10.3 Å². The molecule has 0 aromatic carbocycles. The molecule has 1 aliphatic rings. The molecule has 10 heteroatoms. The molecule has 2 N–H and O–H groups in total. The third kappa shape index (κ3) is 3.91. The van der Waals surface area contributed by atoms with Crippen molar-refractivity contribution in [2.24, 2.45) is 0 Å². The number of nitrogens with two attached hydrogens (primary N) is 1. The Morgan fingerprint density at radius 1 is 1.22 bits per heavy atom. The average Bonchev–Trinajstić information content (AvgIpc) is 3.27. The smallest absolute Gasteiger partial charge is 0.264 e. The van der Waals surface area contributed by atoms with Gasteiger partial charge in [0.1, 0.15) is 10.6 Å². The molecule has 4 heterocycles. The van der Waals surface area contributed by atoms with Crippen molar-refractivity contribution < 1.29 is 4.79 Å². The van der Waals surface area contributed by atoms with Gasteiger partial charge in [-0.15, -0.1) is 35.1 Å². The van der Waals surface area contributed by atoms with Gasteiger partial charge in [-0.25, -0.2) is 15.0 Å². The Morgan fingerprint density at radius 3 is 2.59 bits per heavy atom. The van der Waals surface area contributed by atoms with Gasteiger partial charge < -0.3 is 15.5 Å². The molecular formula is C17H21ClN6OS2. The Labute approximate surface area is 171 Å². The van der Waals surface area contributed by atoms with Crippen LogP contribution < -0.4 is 5.73 Å². The van der Waals surface area contributed by atoms with Crippen LogP contribution in [-0.2, 0) is 0 Å². The summed E-state index contributed by atoms with van der Waals surface area (Å²) in [6, 6.07) is 1.82. The fourth-order valence-corrected chi connectivity index (χ4v) is 4.76. The lowest BCUT2D eigenvalue weighted by Gasteiger charge is -2.33. The van der Waals surface area contributed by atoms with Crippen molar-refractivity contribution in [2.45, 2.75) is 13.8 Å². The standard InChI is InChI=1S/C17H20N6OS2.ClH/c1-3-22-4-6-23(7-5-22)17(24)12-8-11-13(18)20-14(21-15(11)26-12)16-19-10(2)9-25-16;/h8-9H,3-7H2,1-2H3,(H2,18,20,21);1H. The lowest BCUT2D eigenvalue weighted by Crippen LogP contribution is -2.48. The summed E-state index contributed by atoms with van der Waals surface area (Å²) in [7, 11) is 0. The second-order valence-electron chi connectivity index (χ2n) is 6.28. The number of aromatic nitrogens is 3. The third-order valence-electron chi connectivity index (χ3n) is 4.55. The Balaban J connectivity index is 0.00000210. The first-order valence-corrected chi connectivity index (χ1v) is 10.3. The highest BCUT2D eigenvalue weighted by molar-refractivity contribution is 7.20. The fourth-order valence-electron chi connectivity index (χ4n) is 3.02. The summed E-state index contributed by atoms with van der Waals surface area (Å²) in [4.78, 5) is 31.9. The summed E-state index contributed by atoms with van der Waals surface area (Å²) in [6.07, 6.45) is 0. The molecule has 3 aromatic rings. The normalized spacial score (nSPS) is 15.1. The summed E-state index contributed by atoms with van der Waals surface area (Å²) in [5.74, 6) is 0.962. The minimum Gasteiger partial charge on any atom is -0.383 e. The Kier molecular flexibility index (Phi) is 5.95. The molecule has 3 aromatic heterocycles. The number of anilines is 1. The molecule has 0 unspecified atom stereocenters. The van der Waals surface area contributed by atoms with Gasteiger partial charge in [-0.2, -0.15) is 0 Å². The Bertz CT molecular complexity index is 964. The quantitative estimate of drug-likeness (QED) is 0.695. The van der Waals surface area contributed by atoms with Crippen LogP contribution in [0.4, 0.5) is 5.82 Å². The number of thiazole rings is 1. The Hall–Kier alpha value is -1.81. The van der Waals surface area contributed by atoms with E-state index in [4.69, 9.17) is 5.73 Å². The van der Waals surface area contributed by atoms with Crippen molar-refractivity contribution in [1.29, 1.82) is 0 Å². The predicted octanol–water partition coefficient (Wildman–Crippen LogP) is 2.90. The zero-order valence-corrected chi connectivity index (χ0v) is 17.6. The SMILES string of the molecule is CCN1CCN(C(=O)c2cc3c(N)nc(-c4nc(C)cs4)nc3s2)CC1.Cl. The van der Waals surface area contributed by atoms with Crippen LogP contribution in [0.15, 0.2) is 11.4 Å². The van der Waals surface area contributed by atoms with Crippen LogP contribution in [0.1, 0.15) is 22.3 Å². The second kappa shape index (κ2) is 8.05. The van der Waals surface area contributed by atoms with Gasteiger partial charge in [0.2, 0.25) is 0 Å². The van der Waals surface area contributed by atoms with Crippen molar-refractivity contribution in [2.75, 3.05) is 38.5 Å². The summed E-state index contributed by atoms with van der Waals surface area (Å²) in [5.41, 5.74) is 7.06. The average molecular weight is 425 g/mol. The summed E-state index contributed by atoms with van der Waals surface area (Å²) < 4.78 is 0. The molecule has 0 spiro atoms. The number of carbonyl (C=O) groups is 1. The van der Waals surface area contributed by atoms with E-state index in [1.54, 1.807) is 0 Å². The van der Waals surface area contributed by atoms with E-state index in [1.807, 2.05) is 23.3 Å². The highest BCUT2D eigenvalue weighted by Crippen LogP contribution is 2.31. The number of rotatable bonds is 3. The number of carbonyl (C=O) groups excluding carboxylic acids is 1. The zero-order chi connectivity index (χ0) is 18.3. The minimum absolute atomic E-state index is 0. The van der Waals surface area contributed by atoms with E-state index < -0.39 is 0 Å². The van der Waals surface area contributed by atoms with Crippen molar-refractivity contribution in [1.82, 2.24) is 24.8 Å². The number of thiophene rings is 1. The molecule has 4 rings (SSSR count). The number of piperazine rings is 1. The lowest BCUT2D eigenvalue weighted by atomic mass is 10.2. The number of nitrogen functional groups attached to an aromatic ring is 1. The zero-order valence-electron chi connectivity index (χ0n) is 15.1. The lowest BCUT2D eigenvalue weighted by molar-refractivity contribution is 0.0648. The summed E-state index contributed by atoms with van der Waals surface area (Å²) in [6.45, 7) is 8.45. The van der Waals surface area contributed by atoms with Gasteiger partial charge in [0.15, 0.2) is 10.8 Å². The van der Waals surface area contributed by atoms with Crippen molar-refractivity contribution in [3.05, 3.63) is 22.0 Å². The number of nitrogens with zero attached hydrogens (tertiary/aromatic N) is 5. The summed E-state index contributed by atoms with van der Waals surface area (Å²) in [5, 5.41) is 3.44. The van der Waals surface area contributed by atoms with E-state index >= 15 is 0 Å². The number of hydrogen-bond donors (Lipinski definition) is 1. The molecule has 0 radical (unpaired) electrons. The van der Waals surface area contributed by atoms with Crippen molar-refractivity contribution in [3.63, 3.8) is 0 Å². The molecular weight excluding hydrogens is 404 g/mol. The largest absolute Gasteiger partial charge is 0.383 e. The van der Waals surface area contributed by atoms with Gasteiger partial charge in [-0.05, 0) is 19.5 Å². The second-order valence-corrected chi connectivity index (χ2v) is 8.17. The maximum atomic E-state index is 12.9. The highest BCUT2D eigenvalue weighted by Gasteiger charge is 2.24. The molecule has 1 fully saturated rings. The number of fused-ring (bicyclic) bond motifs is 1. The maximum Gasteiger partial charge on any atom is 0.264 e. The molecule has 0 bridgehead atoms. The van der Waals surface area contributed by atoms with Gasteiger partial charge in [0, 0.05) is 37.3 Å². The fraction of sp³-hybridized carbons (Fsp3) is 0.412. The molecule has 0 atom stereocenters. The van der Waals surface area contributed by atoms with Crippen LogP contribution in [0.25, 0.3) is 21.0 Å². The maximum absolute atomic E-state index is 12.9. The van der Waals surface area contributed by atoms with Crippen LogP contribution in [0.2, 0.25) is 0 Å². The molecule has 0 saturated carbocycles. The molecule has 0 aliphatic carbocycles. The van der Waals surface area contributed by atoms with E-state index in [2.05, 4.69) is 26.8 Å². The van der Waals surface area contributed by atoms with Crippen molar-refractivity contribution in [3.8, 4) is 10.8 Å². The molecule has 1 saturated heterocycles. The van der Waals surface area contributed by atoms with Crippen LogP contribution in [-0.4, -0.2) is 63.4 Å². The van der Waals surface area contributed by atoms with Gasteiger partial charge in [-0.3, -0.25) is 4.79 Å². The van der Waals surface area contributed by atoms with Crippen LogP contribution in [0.5, 0.6) is 0 Å². The number of halogens is 1. The van der Waals surface area contributed by atoms with E-state index in [1.165, 1.54) is 22.7 Å². The number of amides is 1. The van der Waals surface area contributed by atoms with Crippen LogP contribution in [0, 0.1) is 6.92 Å². The van der Waals surface area contributed by atoms with E-state index in [0.29, 0.717) is 16.5 Å². The van der Waals surface area contributed by atoms with E-state index in [0.717, 1.165) is 53.6 Å². The van der Waals surface area contributed by atoms with E-state index in [9.17, 15) is 4.79 Å². The van der Waals surface area contributed by atoms with Gasteiger partial charge >= 0.3 is 0 Å². The first kappa shape index (κ1) is 19.9. The summed E-state index contributed by atoms with van der Waals surface area (Å²) >= 11 is 2.87. The first-order chi connectivity index (χ1) is 12.5. The van der Waals surface area contributed by atoms with Gasteiger partial charge in [0.25, 0.3) is 5.91 Å². The molecule has 144 valence electrons. The molecule has 7 nitrogen and oxygen atoms in total. The first-order valence-electron chi connectivity index (χ1n) is 8.56. The molecule has 1 aliphatic heterocycles. The van der Waals surface area contributed by atoms with Gasteiger partial charge in [-0.1, -0.05) is 6.92 Å². The van der Waals surface area contributed by atoms with Crippen LogP contribution >= 0.6 is 35.1 Å². The number of hydrogen-bond acceptors (Lipinski definition) is 8. The minimum atomic E-state index is 0. The number of aryl methyl sites for hydroxylation is 1. The predicted molar refractivity (Wildman–Crippen MR) is 113 cm³/mol. The molecule has 27 heavy (non-hydrogen) atoms. The van der Waals surface area contributed by atoms with Crippen LogP contribution in [0.3, 0.4) is 0 Å². The van der Waals surface area contributed by atoms with E-state index in [-0.39, 0.29) is 18.3 Å². The third-order valence-corrected chi connectivity index (χ3v) is 6.52. The van der Waals surface area contributed by atoms with Crippen molar-refractivity contribution >= 4 is 57.0 Å². The highest BCUT2D eigenvalue weighted by atomic mass is 35.5. The topological polar surface area (TPSA) is 88.2 Å². The molecule has 1 amide bonds. The Morgan fingerprint density at radius 2 is 1.96 bits per heavy atom.